The van der Waals surface area contributed by atoms with Crippen LogP contribution < -0.4 is 5.32 Å². The largest absolute Gasteiger partial charge is 0.339 e. The van der Waals surface area contributed by atoms with Gasteiger partial charge in [0.15, 0.2) is 0 Å². The summed E-state index contributed by atoms with van der Waals surface area (Å²) in [6.45, 7) is 5.00. The fourth-order valence-corrected chi connectivity index (χ4v) is 2.23. The molecule has 1 aliphatic heterocycles. The Balaban J connectivity index is 2.17. The zero-order chi connectivity index (χ0) is 13.8. The van der Waals surface area contributed by atoms with Gasteiger partial charge in [-0.2, -0.15) is 0 Å². The standard InChI is InChI=1S/C15H20N2O2/c1-3-11(2)9-17-10-13(18)16-14(15(17)19)12-7-5-4-6-8-12/h4-8,11,14H,3,9-10H2,1-2H3,(H,16,18). The van der Waals surface area contributed by atoms with Crippen molar-refractivity contribution in [1.82, 2.24) is 10.2 Å². The average Bonchev–Trinajstić information content (AvgIpc) is 2.43. The molecule has 1 N–H and O–H groups in total. The van der Waals surface area contributed by atoms with Gasteiger partial charge in [0.05, 0.1) is 6.54 Å². The van der Waals surface area contributed by atoms with E-state index in [4.69, 9.17) is 0 Å². The first-order valence-corrected chi connectivity index (χ1v) is 6.75. The molecule has 1 heterocycles. The molecule has 2 atom stereocenters. The molecule has 0 aliphatic carbocycles. The minimum atomic E-state index is -0.536. The fraction of sp³-hybridized carbons (Fsp3) is 0.467. The SMILES string of the molecule is CCC(C)CN1CC(=O)NC(c2ccccc2)C1=O. The summed E-state index contributed by atoms with van der Waals surface area (Å²) in [4.78, 5) is 25.9. The van der Waals surface area contributed by atoms with Gasteiger partial charge in [0.25, 0.3) is 0 Å². The van der Waals surface area contributed by atoms with Crippen LogP contribution >= 0.6 is 0 Å². The number of piperazine rings is 1. The van der Waals surface area contributed by atoms with Crippen molar-refractivity contribution in [3.63, 3.8) is 0 Å². The number of nitrogens with one attached hydrogen (secondary N) is 1. The van der Waals surface area contributed by atoms with Gasteiger partial charge in [-0.3, -0.25) is 9.59 Å². The summed E-state index contributed by atoms with van der Waals surface area (Å²) in [6.07, 6.45) is 1.00. The van der Waals surface area contributed by atoms with Crippen molar-refractivity contribution >= 4 is 11.8 Å². The maximum atomic E-state index is 12.4. The van der Waals surface area contributed by atoms with E-state index in [-0.39, 0.29) is 18.4 Å². The molecule has 0 aromatic heterocycles. The molecule has 0 radical (unpaired) electrons. The normalized spacial score (nSPS) is 21.2. The zero-order valence-corrected chi connectivity index (χ0v) is 11.4. The molecule has 2 rings (SSSR count). The van der Waals surface area contributed by atoms with Gasteiger partial charge in [-0.15, -0.1) is 0 Å². The molecule has 19 heavy (non-hydrogen) atoms. The van der Waals surface area contributed by atoms with Crippen LogP contribution in [0.2, 0.25) is 0 Å². The molecule has 4 nitrogen and oxygen atoms in total. The number of amides is 2. The number of carbonyl (C=O) groups excluding carboxylic acids is 2. The Kier molecular flexibility index (Phi) is 4.20. The first-order valence-electron chi connectivity index (χ1n) is 6.75. The molecular weight excluding hydrogens is 240 g/mol. The number of nitrogens with zero attached hydrogens (tertiary/aromatic N) is 1. The number of rotatable bonds is 4. The van der Waals surface area contributed by atoms with E-state index in [9.17, 15) is 9.59 Å². The number of hydrogen-bond acceptors (Lipinski definition) is 2. The average molecular weight is 260 g/mol. The van der Waals surface area contributed by atoms with Crippen molar-refractivity contribution < 1.29 is 9.59 Å². The maximum Gasteiger partial charge on any atom is 0.250 e. The maximum absolute atomic E-state index is 12.4. The van der Waals surface area contributed by atoms with Crippen molar-refractivity contribution in [2.24, 2.45) is 5.92 Å². The van der Waals surface area contributed by atoms with Crippen molar-refractivity contribution in [3.05, 3.63) is 35.9 Å². The Morgan fingerprint density at radius 3 is 2.63 bits per heavy atom. The Morgan fingerprint density at radius 1 is 1.32 bits per heavy atom. The topological polar surface area (TPSA) is 49.4 Å². The molecule has 0 spiro atoms. The minimum absolute atomic E-state index is 0.00824. The van der Waals surface area contributed by atoms with Crippen LogP contribution in [0.15, 0.2) is 30.3 Å². The van der Waals surface area contributed by atoms with Gasteiger partial charge in [0, 0.05) is 6.54 Å². The zero-order valence-electron chi connectivity index (χ0n) is 11.4. The van der Waals surface area contributed by atoms with Gasteiger partial charge in [-0.25, -0.2) is 0 Å². The van der Waals surface area contributed by atoms with E-state index < -0.39 is 6.04 Å². The lowest BCUT2D eigenvalue weighted by molar-refractivity contribution is -0.145. The van der Waals surface area contributed by atoms with Crippen LogP contribution in [0, 0.1) is 5.92 Å². The Morgan fingerprint density at radius 2 is 2.00 bits per heavy atom. The lowest BCUT2D eigenvalue weighted by Gasteiger charge is -2.34. The van der Waals surface area contributed by atoms with Crippen LogP contribution in [-0.2, 0) is 9.59 Å². The molecule has 4 heteroatoms. The molecule has 1 fully saturated rings. The summed E-state index contributed by atoms with van der Waals surface area (Å²) in [5, 5.41) is 2.77. The molecule has 2 unspecified atom stereocenters. The van der Waals surface area contributed by atoms with Crippen LogP contribution in [0.5, 0.6) is 0 Å². The van der Waals surface area contributed by atoms with E-state index in [1.165, 1.54) is 0 Å². The Labute approximate surface area is 113 Å². The van der Waals surface area contributed by atoms with Gasteiger partial charge < -0.3 is 10.2 Å². The highest BCUT2D eigenvalue weighted by molar-refractivity contribution is 5.95. The molecule has 1 aromatic rings. The van der Waals surface area contributed by atoms with Crippen LogP contribution in [-0.4, -0.2) is 29.8 Å². The van der Waals surface area contributed by atoms with Gasteiger partial charge in [0.1, 0.15) is 6.04 Å². The lowest BCUT2D eigenvalue weighted by Crippen LogP contribution is -2.54. The van der Waals surface area contributed by atoms with Crippen LogP contribution in [0.4, 0.5) is 0 Å². The molecule has 1 saturated heterocycles. The second-order valence-electron chi connectivity index (χ2n) is 5.14. The van der Waals surface area contributed by atoms with Gasteiger partial charge in [-0.05, 0) is 11.5 Å². The molecule has 0 bridgehead atoms. The smallest absolute Gasteiger partial charge is 0.250 e. The molecular formula is C15H20N2O2. The summed E-state index contributed by atoms with van der Waals surface area (Å²) < 4.78 is 0. The van der Waals surface area contributed by atoms with Crippen LogP contribution in [0.25, 0.3) is 0 Å². The highest BCUT2D eigenvalue weighted by Crippen LogP contribution is 2.20. The Bertz CT molecular complexity index is 458. The predicted molar refractivity (Wildman–Crippen MR) is 73.4 cm³/mol. The number of benzene rings is 1. The molecule has 1 aromatic carbocycles. The van der Waals surface area contributed by atoms with E-state index in [1.54, 1.807) is 4.90 Å². The van der Waals surface area contributed by atoms with Gasteiger partial charge in [-0.1, -0.05) is 50.6 Å². The molecule has 0 saturated carbocycles. The van der Waals surface area contributed by atoms with Crippen LogP contribution in [0.1, 0.15) is 31.9 Å². The summed E-state index contributed by atoms with van der Waals surface area (Å²) in [5.74, 6) is 0.314. The van der Waals surface area contributed by atoms with E-state index >= 15 is 0 Å². The second-order valence-corrected chi connectivity index (χ2v) is 5.14. The third-order valence-electron chi connectivity index (χ3n) is 3.56. The number of carbonyl (C=O) groups is 2. The predicted octanol–water partition coefficient (Wildman–Crippen LogP) is 1.73. The third-order valence-corrected chi connectivity index (χ3v) is 3.56. The van der Waals surface area contributed by atoms with Crippen molar-refractivity contribution in [3.8, 4) is 0 Å². The monoisotopic (exact) mass is 260 g/mol. The molecule has 102 valence electrons. The van der Waals surface area contributed by atoms with E-state index in [2.05, 4.69) is 19.2 Å². The highest BCUT2D eigenvalue weighted by Gasteiger charge is 2.33. The summed E-state index contributed by atoms with van der Waals surface area (Å²) in [6, 6.07) is 8.86. The van der Waals surface area contributed by atoms with E-state index in [1.807, 2.05) is 30.3 Å². The first-order chi connectivity index (χ1) is 9.11. The summed E-state index contributed by atoms with van der Waals surface area (Å²) >= 11 is 0. The number of hydrogen-bond donors (Lipinski definition) is 1. The quantitative estimate of drug-likeness (QED) is 0.896. The van der Waals surface area contributed by atoms with E-state index in [0.717, 1.165) is 12.0 Å². The first kappa shape index (κ1) is 13.6. The van der Waals surface area contributed by atoms with Gasteiger partial charge >= 0.3 is 0 Å². The fourth-order valence-electron chi connectivity index (χ4n) is 2.23. The molecule has 2 amide bonds. The summed E-state index contributed by atoms with van der Waals surface area (Å²) in [5.41, 5.74) is 0.842. The van der Waals surface area contributed by atoms with Gasteiger partial charge in [0.2, 0.25) is 11.8 Å². The lowest BCUT2D eigenvalue weighted by atomic mass is 10.0. The minimum Gasteiger partial charge on any atom is -0.339 e. The van der Waals surface area contributed by atoms with Crippen molar-refractivity contribution in [2.75, 3.05) is 13.1 Å². The van der Waals surface area contributed by atoms with E-state index in [0.29, 0.717) is 12.5 Å². The van der Waals surface area contributed by atoms with Crippen molar-refractivity contribution in [2.45, 2.75) is 26.3 Å². The van der Waals surface area contributed by atoms with Crippen molar-refractivity contribution in [1.29, 1.82) is 0 Å². The Hall–Kier alpha value is -1.84. The highest BCUT2D eigenvalue weighted by atomic mass is 16.2. The third kappa shape index (κ3) is 3.13. The molecule has 1 aliphatic rings. The van der Waals surface area contributed by atoms with Crippen LogP contribution in [0.3, 0.4) is 0 Å². The summed E-state index contributed by atoms with van der Waals surface area (Å²) in [7, 11) is 0. The second kappa shape index (κ2) is 5.87.